The van der Waals surface area contributed by atoms with Crippen LogP contribution in [0.3, 0.4) is 0 Å². The predicted octanol–water partition coefficient (Wildman–Crippen LogP) is 2.81. The van der Waals surface area contributed by atoms with Crippen LogP contribution < -0.4 is 0 Å². The molecule has 0 aliphatic carbocycles. The number of alkyl halides is 3. The van der Waals surface area contributed by atoms with E-state index in [0.717, 1.165) is 0 Å². The van der Waals surface area contributed by atoms with Crippen molar-refractivity contribution in [3.8, 4) is 0 Å². The van der Waals surface area contributed by atoms with Gasteiger partial charge in [-0.25, -0.2) is 18.2 Å². The average Bonchev–Trinajstić information content (AvgIpc) is 2.16. The lowest BCUT2D eigenvalue weighted by molar-refractivity contribution is -0.387. The Morgan fingerprint density at radius 2 is 2.20 bits per heavy atom. The van der Waals surface area contributed by atoms with E-state index in [4.69, 9.17) is 11.6 Å². The zero-order valence-corrected chi connectivity index (χ0v) is 7.84. The Hall–Kier alpha value is -1.37. The molecule has 0 N–H and O–H groups in total. The van der Waals surface area contributed by atoms with E-state index >= 15 is 0 Å². The van der Waals surface area contributed by atoms with Gasteiger partial charge in [-0.15, -0.1) is 11.6 Å². The van der Waals surface area contributed by atoms with Crippen molar-refractivity contribution in [3.05, 3.63) is 33.4 Å². The summed E-state index contributed by atoms with van der Waals surface area (Å²) in [7, 11) is 0. The van der Waals surface area contributed by atoms with Crippen molar-refractivity contribution in [1.82, 2.24) is 4.98 Å². The quantitative estimate of drug-likeness (QED) is 0.464. The second kappa shape index (κ2) is 4.43. The van der Waals surface area contributed by atoms with Crippen LogP contribution in [0.4, 0.5) is 18.9 Å². The Morgan fingerprint density at radius 1 is 1.60 bits per heavy atom. The Balaban J connectivity index is 3.49. The van der Waals surface area contributed by atoms with Gasteiger partial charge in [-0.2, -0.15) is 0 Å². The number of nitro groups is 1. The zero-order valence-electron chi connectivity index (χ0n) is 7.08. The highest BCUT2D eigenvalue weighted by Crippen LogP contribution is 2.32. The van der Waals surface area contributed by atoms with E-state index in [1.165, 1.54) is 0 Å². The lowest BCUT2D eigenvalue weighted by Gasteiger charge is -2.04. The first-order valence-corrected chi connectivity index (χ1v) is 4.18. The molecule has 0 atom stereocenters. The summed E-state index contributed by atoms with van der Waals surface area (Å²) in [6, 6.07) is 0. The third-order valence-corrected chi connectivity index (χ3v) is 1.92. The summed E-state index contributed by atoms with van der Waals surface area (Å²) < 4.78 is 37.6. The Kier molecular flexibility index (Phi) is 3.46. The molecule has 0 unspecified atom stereocenters. The molecule has 0 fully saturated rings. The van der Waals surface area contributed by atoms with Crippen molar-refractivity contribution in [3.63, 3.8) is 0 Å². The summed E-state index contributed by atoms with van der Waals surface area (Å²) in [6.07, 6.45) is -2.65. The number of halogens is 4. The number of rotatable bonds is 3. The molecule has 0 saturated heterocycles. The second-order valence-electron chi connectivity index (χ2n) is 2.51. The summed E-state index contributed by atoms with van der Waals surface area (Å²) in [4.78, 5) is 12.3. The number of aromatic nitrogens is 1. The van der Waals surface area contributed by atoms with E-state index in [-0.39, 0.29) is 0 Å². The SMILES string of the molecule is O=[N+]([O-])c1c(C(F)F)ncc(F)c1CCl. The van der Waals surface area contributed by atoms with Gasteiger partial charge < -0.3 is 0 Å². The van der Waals surface area contributed by atoms with Gasteiger partial charge in [0, 0.05) is 0 Å². The largest absolute Gasteiger partial charge is 0.303 e. The minimum Gasteiger partial charge on any atom is -0.258 e. The van der Waals surface area contributed by atoms with Crippen LogP contribution >= 0.6 is 11.6 Å². The first-order chi connectivity index (χ1) is 6.99. The van der Waals surface area contributed by atoms with Gasteiger partial charge in [0.15, 0.2) is 11.5 Å². The number of hydrogen-bond acceptors (Lipinski definition) is 3. The van der Waals surface area contributed by atoms with Gasteiger partial charge >= 0.3 is 5.69 Å². The molecule has 0 bridgehead atoms. The van der Waals surface area contributed by atoms with Gasteiger partial charge in [0.1, 0.15) is 0 Å². The maximum atomic E-state index is 13.0. The van der Waals surface area contributed by atoms with Crippen LogP contribution in [0, 0.1) is 15.9 Å². The molecular weight excluding hydrogens is 237 g/mol. The van der Waals surface area contributed by atoms with Crippen LogP contribution in [0.25, 0.3) is 0 Å². The molecule has 0 amide bonds. The van der Waals surface area contributed by atoms with Crippen molar-refractivity contribution in [2.24, 2.45) is 0 Å². The molecule has 15 heavy (non-hydrogen) atoms. The molecule has 4 nitrogen and oxygen atoms in total. The Labute approximate surface area is 86.8 Å². The molecule has 1 aromatic heterocycles. The van der Waals surface area contributed by atoms with Crippen LogP contribution in [0.2, 0.25) is 0 Å². The fourth-order valence-corrected chi connectivity index (χ4v) is 1.28. The lowest BCUT2D eigenvalue weighted by atomic mass is 10.2. The topological polar surface area (TPSA) is 56.0 Å². The third kappa shape index (κ3) is 2.17. The van der Waals surface area contributed by atoms with Gasteiger partial charge in [0.25, 0.3) is 6.43 Å². The third-order valence-electron chi connectivity index (χ3n) is 1.66. The highest BCUT2D eigenvalue weighted by atomic mass is 35.5. The van der Waals surface area contributed by atoms with Crippen LogP contribution in [-0.2, 0) is 5.88 Å². The average molecular weight is 241 g/mol. The molecule has 0 spiro atoms. The van der Waals surface area contributed by atoms with E-state index in [2.05, 4.69) is 4.98 Å². The number of nitrogens with zero attached hydrogens (tertiary/aromatic N) is 2. The highest BCUT2D eigenvalue weighted by molar-refractivity contribution is 6.17. The first-order valence-electron chi connectivity index (χ1n) is 3.64. The number of hydrogen-bond donors (Lipinski definition) is 0. The Morgan fingerprint density at radius 3 is 2.60 bits per heavy atom. The van der Waals surface area contributed by atoms with Crippen LogP contribution in [0.15, 0.2) is 6.20 Å². The molecule has 0 saturated carbocycles. The van der Waals surface area contributed by atoms with Crippen molar-refractivity contribution in [2.45, 2.75) is 12.3 Å². The van der Waals surface area contributed by atoms with Gasteiger partial charge in [0.2, 0.25) is 0 Å². The fourth-order valence-electron chi connectivity index (χ4n) is 1.02. The highest BCUT2D eigenvalue weighted by Gasteiger charge is 2.29. The van der Waals surface area contributed by atoms with Crippen LogP contribution in [0.5, 0.6) is 0 Å². The van der Waals surface area contributed by atoms with Crippen molar-refractivity contribution >= 4 is 17.3 Å². The minimum absolute atomic E-state index is 0.492. The molecule has 0 aromatic carbocycles. The van der Waals surface area contributed by atoms with Crippen molar-refractivity contribution in [2.75, 3.05) is 0 Å². The van der Waals surface area contributed by atoms with Gasteiger partial charge in [-0.1, -0.05) is 0 Å². The molecular formula is C7H4ClF3N2O2. The van der Waals surface area contributed by atoms with Gasteiger partial charge in [-0.05, 0) is 0 Å². The smallest absolute Gasteiger partial charge is 0.258 e. The van der Waals surface area contributed by atoms with E-state index in [1.54, 1.807) is 0 Å². The summed E-state index contributed by atoms with van der Waals surface area (Å²) in [6.45, 7) is 0. The van der Waals surface area contributed by atoms with Crippen molar-refractivity contribution in [1.29, 1.82) is 0 Å². The molecule has 1 rings (SSSR count). The van der Waals surface area contributed by atoms with Gasteiger partial charge in [0.05, 0.1) is 22.6 Å². The minimum atomic E-state index is -3.15. The normalized spacial score (nSPS) is 10.7. The predicted molar refractivity (Wildman–Crippen MR) is 45.4 cm³/mol. The molecule has 0 aliphatic heterocycles. The van der Waals surface area contributed by atoms with E-state index in [9.17, 15) is 23.3 Å². The van der Waals surface area contributed by atoms with Crippen LogP contribution in [0.1, 0.15) is 17.7 Å². The van der Waals surface area contributed by atoms with E-state index in [1.807, 2.05) is 0 Å². The summed E-state index contributed by atoms with van der Waals surface area (Å²) in [5.41, 5.74) is -2.70. The Bertz CT molecular complexity index is 400. The summed E-state index contributed by atoms with van der Waals surface area (Å²) in [5.74, 6) is -1.63. The van der Waals surface area contributed by atoms with Gasteiger partial charge in [-0.3, -0.25) is 10.1 Å². The standard InChI is InChI=1S/C7H4ClF3N2O2/c8-1-3-4(9)2-12-5(7(10)11)6(3)13(14)15/h2,7H,1H2. The second-order valence-corrected chi connectivity index (χ2v) is 2.78. The van der Waals surface area contributed by atoms with Crippen molar-refractivity contribution < 1.29 is 18.1 Å². The summed E-state index contributed by atoms with van der Waals surface area (Å²) >= 11 is 5.24. The van der Waals surface area contributed by atoms with E-state index in [0.29, 0.717) is 6.20 Å². The molecule has 82 valence electrons. The molecule has 0 radical (unpaired) electrons. The molecule has 0 aliphatic rings. The van der Waals surface area contributed by atoms with Crippen LogP contribution in [-0.4, -0.2) is 9.91 Å². The maximum absolute atomic E-state index is 13.0. The summed E-state index contributed by atoms with van der Waals surface area (Å²) in [5, 5.41) is 10.5. The lowest BCUT2D eigenvalue weighted by Crippen LogP contribution is -2.05. The molecule has 1 heterocycles. The maximum Gasteiger partial charge on any atom is 0.303 e. The molecule has 1 aromatic rings. The first kappa shape index (κ1) is 11.7. The number of pyridine rings is 1. The zero-order chi connectivity index (χ0) is 11.6. The fraction of sp³-hybridized carbons (Fsp3) is 0.286. The van der Waals surface area contributed by atoms with E-state index < -0.39 is 40.0 Å². The monoisotopic (exact) mass is 240 g/mol. The molecule has 8 heteroatoms.